The van der Waals surface area contributed by atoms with Crippen LogP contribution in [0.5, 0.6) is 0 Å². The summed E-state index contributed by atoms with van der Waals surface area (Å²) < 4.78 is 5.36. The number of carbonyl (C=O) groups is 1. The van der Waals surface area contributed by atoms with Crippen LogP contribution in [0, 0.1) is 5.92 Å². The fraction of sp³-hybridized carbons (Fsp3) is 0.929. The van der Waals surface area contributed by atoms with E-state index in [9.17, 15) is 4.79 Å². The van der Waals surface area contributed by atoms with Crippen LogP contribution in [0.2, 0.25) is 0 Å². The first kappa shape index (κ1) is 14.5. The lowest BCUT2D eigenvalue weighted by molar-refractivity contribution is -0.157. The Morgan fingerprint density at radius 1 is 1.24 bits per heavy atom. The van der Waals surface area contributed by atoms with Crippen molar-refractivity contribution in [2.75, 3.05) is 0 Å². The summed E-state index contributed by atoms with van der Waals surface area (Å²) in [4.78, 5) is 11.8. The summed E-state index contributed by atoms with van der Waals surface area (Å²) in [5.41, 5.74) is -0.399. The number of hydrogen-bond donors (Lipinski definition) is 1. The van der Waals surface area contributed by atoms with Crippen LogP contribution in [0.15, 0.2) is 0 Å². The first-order valence-electron chi connectivity index (χ1n) is 6.78. The molecule has 0 spiro atoms. The highest BCUT2D eigenvalue weighted by molar-refractivity contribution is 5.75. The zero-order chi connectivity index (χ0) is 13.1. The summed E-state index contributed by atoms with van der Waals surface area (Å²) >= 11 is 0. The average Bonchev–Trinajstić information content (AvgIpc) is 2.67. The fourth-order valence-corrected chi connectivity index (χ4v) is 2.45. The Morgan fingerprint density at radius 2 is 1.76 bits per heavy atom. The quantitative estimate of drug-likeness (QED) is 0.769. The lowest BCUT2D eigenvalue weighted by Crippen LogP contribution is -2.45. The van der Waals surface area contributed by atoms with Crippen LogP contribution in [0.4, 0.5) is 0 Å². The third-order valence-corrected chi connectivity index (χ3v) is 3.38. The van der Waals surface area contributed by atoms with Crippen LogP contribution >= 0.6 is 0 Å². The molecule has 1 N–H and O–H groups in total. The van der Waals surface area contributed by atoms with Gasteiger partial charge in [0.05, 0.1) is 0 Å². The Labute approximate surface area is 105 Å². The second-order valence-corrected chi connectivity index (χ2v) is 6.26. The maximum Gasteiger partial charge on any atom is 0.323 e. The van der Waals surface area contributed by atoms with E-state index in [1.165, 1.54) is 25.7 Å². The van der Waals surface area contributed by atoms with E-state index < -0.39 is 5.60 Å². The Balaban J connectivity index is 2.37. The summed E-state index contributed by atoms with van der Waals surface area (Å²) in [6.07, 6.45) is 5.24. The molecule has 0 aromatic heterocycles. The molecule has 17 heavy (non-hydrogen) atoms. The summed E-state index contributed by atoms with van der Waals surface area (Å²) in [6, 6.07) is 0.185. The van der Waals surface area contributed by atoms with E-state index in [2.05, 4.69) is 12.2 Å². The third-order valence-electron chi connectivity index (χ3n) is 3.38. The Morgan fingerprint density at radius 3 is 2.24 bits per heavy atom. The molecule has 3 nitrogen and oxygen atoms in total. The van der Waals surface area contributed by atoms with E-state index in [0.717, 1.165) is 5.92 Å². The smallest absolute Gasteiger partial charge is 0.323 e. The molecule has 0 amide bonds. The van der Waals surface area contributed by atoms with Gasteiger partial charge in [-0.15, -0.1) is 0 Å². The molecule has 3 heteroatoms. The minimum absolute atomic E-state index is 0.151. The van der Waals surface area contributed by atoms with Crippen LogP contribution < -0.4 is 5.32 Å². The van der Waals surface area contributed by atoms with Crippen LogP contribution in [0.1, 0.15) is 60.3 Å². The minimum atomic E-state index is -0.399. The molecule has 1 rings (SSSR count). The highest BCUT2D eigenvalue weighted by Gasteiger charge is 2.26. The van der Waals surface area contributed by atoms with Crippen LogP contribution in [0.25, 0.3) is 0 Å². The molecule has 1 saturated carbocycles. The normalized spacial score (nSPS) is 21.2. The van der Waals surface area contributed by atoms with Crippen LogP contribution in [-0.2, 0) is 9.53 Å². The first-order valence-corrected chi connectivity index (χ1v) is 6.78. The Bertz CT molecular complexity index is 251. The molecular weight excluding hydrogens is 214 g/mol. The van der Waals surface area contributed by atoms with Gasteiger partial charge in [-0.3, -0.25) is 4.79 Å². The van der Waals surface area contributed by atoms with Gasteiger partial charge in [0.1, 0.15) is 11.6 Å². The lowest BCUT2D eigenvalue weighted by Gasteiger charge is -2.27. The number of hydrogen-bond acceptors (Lipinski definition) is 3. The van der Waals surface area contributed by atoms with Gasteiger partial charge in [0.25, 0.3) is 0 Å². The van der Waals surface area contributed by atoms with E-state index >= 15 is 0 Å². The summed E-state index contributed by atoms with van der Waals surface area (Å²) in [5.74, 6) is 0.572. The predicted molar refractivity (Wildman–Crippen MR) is 69.9 cm³/mol. The number of ether oxygens (including phenoxy) is 1. The van der Waals surface area contributed by atoms with Crippen molar-refractivity contribution >= 4 is 5.97 Å². The first-order chi connectivity index (χ1) is 7.79. The Kier molecular flexibility index (Phi) is 4.99. The highest BCUT2D eigenvalue weighted by Crippen LogP contribution is 2.27. The van der Waals surface area contributed by atoms with Gasteiger partial charge >= 0.3 is 5.97 Å². The van der Waals surface area contributed by atoms with E-state index in [1.54, 1.807) is 0 Å². The molecule has 1 fully saturated rings. The predicted octanol–water partition coefficient (Wildman–Crippen LogP) is 2.88. The van der Waals surface area contributed by atoms with Gasteiger partial charge in [-0.2, -0.15) is 0 Å². The molecule has 0 saturated heterocycles. The molecule has 1 aliphatic carbocycles. The molecule has 1 unspecified atom stereocenters. The standard InChI is InChI=1S/C14H27NO2/c1-10(12-8-6-7-9-12)15-11(2)13(16)17-14(3,4)5/h10-12,15H,6-9H2,1-5H3/t10-,11?/m1/s1. The summed E-state index contributed by atoms with van der Waals surface area (Å²) in [6.45, 7) is 9.77. The van der Waals surface area contributed by atoms with E-state index in [4.69, 9.17) is 4.74 Å². The third kappa shape index (κ3) is 5.07. The van der Waals surface area contributed by atoms with E-state index in [0.29, 0.717) is 6.04 Å². The lowest BCUT2D eigenvalue weighted by atomic mass is 9.99. The van der Waals surface area contributed by atoms with Gasteiger partial charge < -0.3 is 10.1 Å². The molecule has 0 aliphatic heterocycles. The number of carbonyl (C=O) groups excluding carboxylic acids is 1. The van der Waals surface area contributed by atoms with Crippen molar-refractivity contribution in [2.45, 2.75) is 78.0 Å². The second-order valence-electron chi connectivity index (χ2n) is 6.26. The zero-order valence-corrected chi connectivity index (χ0v) is 11.9. The van der Waals surface area contributed by atoms with Crippen molar-refractivity contribution in [1.29, 1.82) is 0 Å². The van der Waals surface area contributed by atoms with Crippen molar-refractivity contribution in [1.82, 2.24) is 5.32 Å². The monoisotopic (exact) mass is 241 g/mol. The van der Waals surface area contributed by atoms with Crippen molar-refractivity contribution in [3.05, 3.63) is 0 Å². The van der Waals surface area contributed by atoms with Crippen molar-refractivity contribution in [3.8, 4) is 0 Å². The fourth-order valence-electron chi connectivity index (χ4n) is 2.45. The van der Waals surface area contributed by atoms with Gasteiger partial charge in [0.2, 0.25) is 0 Å². The molecule has 0 aromatic rings. The van der Waals surface area contributed by atoms with E-state index in [-0.39, 0.29) is 12.0 Å². The average molecular weight is 241 g/mol. The number of rotatable bonds is 4. The van der Waals surface area contributed by atoms with Gasteiger partial charge in [-0.05, 0) is 53.4 Å². The van der Waals surface area contributed by atoms with Crippen molar-refractivity contribution < 1.29 is 9.53 Å². The summed E-state index contributed by atoms with van der Waals surface area (Å²) in [5, 5.41) is 3.37. The molecule has 0 heterocycles. The largest absolute Gasteiger partial charge is 0.459 e. The second kappa shape index (κ2) is 5.85. The maximum absolute atomic E-state index is 11.8. The minimum Gasteiger partial charge on any atom is -0.459 e. The SMILES string of the molecule is CC(N[C@H](C)C1CCCC1)C(=O)OC(C)(C)C. The Hall–Kier alpha value is -0.570. The summed E-state index contributed by atoms with van der Waals surface area (Å²) in [7, 11) is 0. The maximum atomic E-state index is 11.8. The van der Waals surface area contributed by atoms with Gasteiger partial charge in [0, 0.05) is 6.04 Å². The van der Waals surface area contributed by atoms with Gasteiger partial charge in [0.15, 0.2) is 0 Å². The molecule has 0 radical (unpaired) electrons. The van der Waals surface area contributed by atoms with Gasteiger partial charge in [-0.25, -0.2) is 0 Å². The highest BCUT2D eigenvalue weighted by atomic mass is 16.6. The van der Waals surface area contributed by atoms with Crippen molar-refractivity contribution in [2.24, 2.45) is 5.92 Å². The topological polar surface area (TPSA) is 38.3 Å². The molecule has 1 aliphatic rings. The van der Waals surface area contributed by atoms with Crippen LogP contribution in [-0.4, -0.2) is 23.7 Å². The molecule has 100 valence electrons. The molecular formula is C14H27NO2. The number of nitrogens with one attached hydrogen (secondary N) is 1. The molecule has 2 atom stereocenters. The van der Waals surface area contributed by atoms with Gasteiger partial charge in [-0.1, -0.05) is 12.8 Å². The number of esters is 1. The molecule has 0 bridgehead atoms. The van der Waals surface area contributed by atoms with Crippen LogP contribution in [0.3, 0.4) is 0 Å². The molecule has 0 aromatic carbocycles. The zero-order valence-electron chi connectivity index (χ0n) is 11.9. The van der Waals surface area contributed by atoms with E-state index in [1.807, 2.05) is 27.7 Å². The van der Waals surface area contributed by atoms with Crippen molar-refractivity contribution in [3.63, 3.8) is 0 Å².